The SMILES string of the molecule is CNC(=O)[C@@H](Cc1ccccc1)N(C)C(=O)CN(C)C(=O)/C=C/CC(C)(C)NC.Cc1ccc2ccccc2c1. The molecule has 0 fully saturated rings. The van der Waals surface area contributed by atoms with Crippen molar-refractivity contribution >= 4 is 28.5 Å². The lowest BCUT2D eigenvalue weighted by Crippen LogP contribution is -2.50. The molecule has 2 N–H and O–H groups in total. The van der Waals surface area contributed by atoms with Crippen molar-refractivity contribution in [2.45, 2.75) is 45.2 Å². The molecule has 3 amide bonds. The molecule has 214 valence electrons. The van der Waals surface area contributed by atoms with Gasteiger partial charge in [-0.1, -0.05) is 84.4 Å². The van der Waals surface area contributed by atoms with Crippen molar-refractivity contribution in [3.63, 3.8) is 0 Å². The number of rotatable bonds is 10. The minimum Gasteiger partial charge on any atom is -0.357 e. The largest absolute Gasteiger partial charge is 0.357 e. The molecule has 1 atom stereocenters. The Kier molecular flexibility index (Phi) is 12.6. The van der Waals surface area contributed by atoms with Gasteiger partial charge in [0, 0.05) is 33.1 Å². The van der Waals surface area contributed by atoms with Gasteiger partial charge in [-0.05, 0) is 56.7 Å². The highest BCUT2D eigenvalue weighted by Gasteiger charge is 2.27. The van der Waals surface area contributed by atoms with E-state index in [1.165, 1.54) is 32.2 Å². The number of nitrogens with one attached hydrogen (secondary N) is 2. The molecule has 0 aliphatic rings. The van der Waals surface area contributed by atoms with Crippen molar-refractivity contribution in [2.24, 2.45) is 0 Å². The van der Waals surface area contributed by atoms with Crippen LogP contribution in [0.1, 0.15) is 31.4 Å². The minimum atomic E-state index is -0.648. The van der Waals surface area contributed by atoms with Gasteiger partial charge in [-0.2, -0.15) is 0 Å². The molecule has 0 unspecified atom stereocenters. The maximum atomic E-state index is 12.7. The van der Waals surface area contributed by atoms with Crippen molar-refractivity contribution in [3.05, 3.63) is 96.1 Å². The van der Waals surface area contributed by atoms with Gasteiger partial charge in [0.05, 0.1) is 6.54 Å². The molecule has 0 radical (unpaired) electrons. The molecule has 3 rings (SSSR count). The van der Waals surface area contributed by atoms with E-state index in [0.29, 0.717) is 12.8 Å². The van der Waals surface area contributed by atoms with Crippen LogP contribution >= 0.6 is 0 Å². The van der Waals surface area contributed by atoms with Crippen molar-refractivity contribution in [1.29, 1.82) is 0 Å². The van der Waals surface area contributed by atoms with Gasteiger partial charge >= 0.3 is 0 Å². The van der Waals surface area contributed by atoms with Crippen LogP contribution in [-0.2, 0) is 20.8 Å². The summed E-state index contributed by atoms with van der Waals surface area (Å²) in [6.45, 7) is 6.09. The van der Waals surface area contributed by atoms with Crippen molar-refractivity contribution in [1.82, 2.24) is 20.4 Å². The molecular formula is C33H44N4O3. The highest BCUT2D eigenvalue weighted by atomic mass is 16.2. The Hall–Kier alpha value is -3.97. The molecule has 3 aromatic carbocycles. The number of nitrogens with zero attached hydrogens (tertiary/aromatic N) is 2. The Bertz CT molecular complexity index is 1290. The van der Waals surface area contributed by atoms with E-state index in [0.717, 1.165) is 5.56 Å². The highest BCUT2D eigenvalue weighted by molar-refractivity contribution is 5.93. The second-order valence-electron chi connectivity index (χ2n) is 10.6. The number of hydrogen-bond acceptors (Lipinski definition) is 4. The first-order valence-electron chi connectivity index (χ1n) is 13.5. The molecule has 0 spiro atoms. The predicted molar refractivity (Wildman–Crippen MR) is 164 cm³/mol. The van der Waals surface area contributed by atoms with E-state index in [2.05, 4.69) is 60.0 Å². The summed E-state index contributed by atoms with van der Waals surface area (Å²) in [5.41, 5.74) is 2.17. The lowest BCUT2D eigenvalue weighted by atomic mass is 10.0. The van der Waals surface area contributed by atoms with Crippen LogP contribution in [0.3, 0.4) is 0 Å². The summed E-state index contributed by atoms with van der Waals surface area (Å²) < 4.78 is 0. The summed E-state index contributed by atoms with van der Waals surface area (Å²) >= 11 is 0. The van der Waals surface area contributed by atoms with E-state index < -0.39 is 6.04 Å². The first kappa shape index (κ1) is 32.2. The lowest BCUT2D eigenvalue weighted by Gasteiger charge is -2.28. The van der Waals surface area contributed by atoms with Crippen molar-refractivity contribution in [2.75, 3.05) is 34.7 Å². The number of amides is 3. The molecule has 0 aliphatic heterocycles. The maximum absolute atomic E-state index is 12.7. The van der Waals surface area contributed by atoms with Crippen LogP contribution in [-0.4, -0.2) is 73.8 Å². The van der Waals surface area contributed by atoms with E-state index >= 15 is 0 Å². The van der Waals surface area contributed by atoms with Gasteiger partial charge < -0.3 is 20.4 Å². The van der Waals surface area contributed by atoms with Crippen LogP contribution < -0.4 is 10.6 Å². The second kappa shape index (κ2) is 15.6. The first-order valence-corrected chi connectivity index (χ1v) is 13.5. The van der Waals surface area contributed by atoms with Gasteiger partial charge in [0.1, 0.15) is 6.04 Å². The van der Waals surface area contributed by atoms with Crippen LogP contribution in [0.5, 0.6) is 0 Å². The number of carbonyl (C=O) groups is 3. The topological polar surface area (TPSA) is 81.8 Å². The summed E-state index contributed by atoms with van der Waals surface area (Å²) in [4.78, 5) is 40.1. The van der Waals surface area contributed by atoms with Gasteiger partial charge in [0.2, 0.25) is 17.7 Å². The fourth-order valence-corrected chi connectivity index (χ4v) is 3.97. The van der Waals surface area contributed by atoms with Crippen LogP contribution in [0.4, 0.5) is 0 Å². The number of carbonyl (C=O) groups excluding carboxylic acids is 3. The molecule has 0 saturated carbocycles. The standard InChI is InChI=1S/C22H34N4O3.C11H10/c1-22(2,24-4)14-10-13-19(27)25(5)16-20(28)26(6)18(21(29)23-3)15-17-11-8-7-9-12-17;1-9-6-7-10-4-2-3-5-11(10)8-9/h7-13,18,24H,14-16H2,1-6H3,(H,23,29);2-8H,1H3/b13-10+;/t18-;/m1./s1. The second-order valence-corrected chi connectivity index (χ2v) is 10.6. The van der Waals surface area contributed by atoms with Crippen molar-refractivity contribution < 1.29 is 14.4 Å². The van der Waals surface area contributed by atoms with Gasteiger partial charge in [-0.3, -0.25) is 14.4 Å². The average molecular weight is 545 g/mol. The third-order valence-electron chi connectivity index (χ3n) is 6.90. The molecule has 7 nitrogen and oxygen atoms in total. The minimum absolute atomic E-state index is 0.0998. The lowest BCUT2D eigenvalue weighted by molar-refractivity contribution is -0.141. The molecule has 0 aromatic heterocycles. The fourth-order valence-electron chi connectivity index (χ4n) is 3.97. The molecule has 0 heterocycles. The van der Waals surface area contributed by atoms with Gasteiger partial charge in [-0.15, -0.1) is 0 Å². The zero-order valence-corrected chi connectivity index (χ0v) is 24.9. The monoisotopic (exact) mass is 544 g/mol. The average Bonchev–Trinajstić information content (AvgIpc) is 2.95. The van der Waals surface area contributed by atoms with Crippen LogP contribution in [0.15, 0.2) is 84.9 Å². The number of benzene rings is 3. The Morgan fingerprint density at radius 3 is 2.15 bits per heavy atom. The Labute approximate surface area is 239 Å². The third kappa shape index (κ3) is 10.3. The van der Waals surface area contributed by atoms with E-state index in [1.54, 1.807) is 27.2 Å². The van der Waals surface area contributed by atoms with Gasteiger partial charge in [-0.25, -0.2) is 0 Å². The number of fused-ring (bicyclic) bond motifs is 1. The molecular weight excluding hydrogens is 500 g/mol. The van der Waals surface area contributed by atoms with Crippen molar-refractivity contribution in [3.8, 4) is 0 Å². The predicted octanol–water partition coefficient (Wildman–Crippen LogP) is 4.35. The van der Waals surface area contributed by atoms with Crippen LogP contribution in [0.25, 0.3) is 10.8 Å². The maximum Gasteiger partial charge on any atom is 0.246 e. The van der Waals surface area contributed by atoms with E-state index in [-0.39, 0.29) is 29.8 Å². The summed E-state index contributed by atoms with van der Waals surface area (Å²) in [5.74, 6) is -0.791. The van der Waals surface area contributed by atoms with E-state index in [9.17, 15) is 14.4 Å². The Morgan fingerprint density at radius 1 is 0.900 bits per heavy atom. The quantitative estimate of drug-likeness (QED) is 0.372. The fraction of sp³-hybridized carbons (Fsp3) is 0.364. The number of hydrogen-bond donors (Lipinski definition) is 2. The molecule has 40 heavy (non-hydrogen) atoms. The Balaban J connectivity index is 0.000000417. The van der Waals surface area contributed by atoms with Gasteiger partial charge in [0.25, 0.3) is 0 Å². The molecule has 3 aromatic rings. The van der Waals surface area contributed by atoms with Crippen LogP contribution in [0, 0.1) is 6.92 Å². The Morgan fingerprint density at radius 2 is 1.52 bits per heavy atom. The molecule has 0 aliphatic carbocycles. The summed E-state index contributed by atoms with van der Waals surface area (Å²) in [6.07, 6.45) is 4.37. The molecule has 0 bridgehead atoms. The third-order valence-corrected chi connectivity index (χ3v) is 6.90. The zero-order valence-electron chi connectivity index (χ0n) is 24.9. The summed E-state index contributed by atoms with van der Waals surface area (Å²) in [5, 5.41) is 8.42. The highest BCUT2D eigenvalue weighted by Crippen LogP contribution is 2.14. The van der Waals surface area contributed by atoms with Gasteiger partial charge in [0.15, 0.2) is 0 Å². The van der Waals surface area contributed by atoms with E-state index in [1.807, 2.05) is 51.2 Å². The normalized spacial score (nSPS) is 11.9. The smallest absolute Gasteiger partial charge is 0.246 e. The van der Waals surface area contributed by atoms with E-state index in [4.69, 9.17) is 0 Å². The zero-order chi connectivity index (χ0) is 29.7. The first-order chi connectivity index (χ1) is 19.0. The molecule has 0 saturated heterocycles. The molecule has 7 heteroatoms. The van der Waals surface area contributed by atoms with Crippen LogP contribution in [0.2, 0.25) is 0 Å². The summed E-state index contributed by atoms with van der Waals surface area (Å²) in [7, 11) is 6.59. The summed E-state index contributed by atoms with van der Waals surface area (Å²) in [6, 6.07) is 23.8. The number of likely N-dealkylation sites (N-methyl/N-ethyl adjacent to an activating group) is 3. The number of aryl methyl sites for hydroxylation is 1.